The van der Waals surface area contributed by atoms with Crippen LogP contribution in [0.3, 0.4) is 0 Å². The Balaban J connectivity index is 2.53. The van der Waals surface area contributed by atoms with E-state index in [0.717, 1.165) is 0 Å². The van der Waals surface area contributed by atoms with Crippen molar-refractivity contribution in [3.05, 3.63) is 0 Å². The van der Waals surface area contributed by atoms with E-state index in [1.165, 1.54) is 12.0 Å². The summed E-state index contributed by atoms with van der Waals surface area (Å²) in [6.07, 6.45) is 0.910. The number of ether oxygens (including phenoxy) is 1. The number of likely N-dealkylation sites (tertiary alicyclic amines) is 1. The number of nitrogens with one attached hydrogen (secondary N) is 1. The third kappa shape index (κ3) is 2.91. The number of esters is 1. The first-order valence-electron chi connectivity index (χ1n) is 5.78. The molecule has 1 fully saturated rings. The molecule has 1 heterocycles. The Morgan fingerprint density at radius 3 is 2.56 bits per heavy atom. The van der Waals surface area contributed by atoms with Gasteiger partial charge in [0.25, 0.3) is 0 Å². The summed E-state index contributed by atoms with van der Waals surface area (Å²) < 4.78 is 4.40. The van der Waals surface area contributed by atoms with Gasteiger partial charge in [-0.05, 0) is 12.8 Å². The van der Waals surface area contributed by atoms with Crippen molar-refractivity contribution in [1.29, 1.82) is 0 Å². The second kappa shape index (κ2) is 5.70. The van der Waals surface area contributed by atoms with Gasteiger partial charge in [-0.1, -0.05) is 6.92 Å². The first-order chi connectivity index (χ1) is 8.45. The van der Waals surface area contributed by atoms with Gasteiger partial charge >= 0.3 is 18.0 Å². The average molecular weight is 258 g/mol. The predicted molar refractivity (Wildman–Crippen MR) is 62.0 cm³/mol. The van der Waals surface area contributed by atoms with E-state index in [1.807, 2.05) is 0 Å². The average Bonchev–Trinajstić information content (AvgIpc) is 2.81. The van der Waals surface area contributed by atoms with Gasteiger partial charge in [0.1, 0.15) is 6.54 Å². The maximum absolute atomic E-state index is 11.7. The van der Waals surface area contributed by atoms with E-state index < -0.39 is 23.4 Å². The number of nitrogens with zero attached hydrogens (tertiary/aromatic N) is 1. The van der Waals surface area contributed by atoms with Crippen molar-refractivity contribution in [1.82, 2.24) is 10.2 Å². The molecular formula is C11H18N2O5. The second-order valence-corrected chi connectivity index (χ2v) is 4.35. The van der Waals surface area contributed by atoms with E-state index in [0.29, 0.717) is 19.4 Å². The molecule has 0 spiro atoms. The summed E-state index contributed by atoms with van der Waals surface area (Å²) in [7, 11) is 1.23. The number of rotatable bonds is 4. The highest BCUT2D eigenvalue weighted by Crippen LogP contribution is 2.34. The molecule has 1 unspecified atom stereocenters. The summed E-state index contributed by atoms with van der Waals surface area (Å²) in [5.41, 5.74) is -0.859. The lowest BCUT2D eigenvalue weighted by molar-refractivity contribution is -0.148. The van der Waals surface area contributed by atoms with Crippen LogP contribution in [0.5, 0.6) is 0 Å². The van der Waals surface area contributed by atoms with Crippen molar-refractivity contribution in [3.8, 4) is 0 Å². The Labute approximate surface area is 105 Å². The summed E-state index contributed by atoms with van der Waals surface area (Å²) in [4.78, 5) is 35.2. The molecule has 7 heteroatoms. The predicted octanol–water partition coefficient (Wildman–Crippen LogP) is 0.0557. The second-order valence-electron chi connectivity index (χ2n) is 4.35. The maximum Gasteiger partial charge on any atom is 0.325 e. The third-order valence-corrected chi connectivity index (χ3v) is 3.38. The van der Waals surface area contributed by atoms with Gasteiger partial charge in [-0.15, -0.1) is 0 Å². The van der Waals surface area contributed by atoms with Crippen molar-refractivity contribution >= 4 is 18.0 Å². The zero-order chi connectivity index (χ0) is 13.8. The van der Waals surface area contributed by atoms with Crippen molar-refractivity contribution in [2.75, 3.05) is 26.7 Å². The van der Waals surface area contributed by atoms with Gasteiger partial charge in [0.2, 0.25) is 0 Å². The minimum Gasteiger partial charge on any atom is -0.481 e. The van der Waals surface area contributed by atoms with E-state index in [1.54, 1.807) is 6.92 Å². The molecule has 1 aliphatic heterocycles. The summed E-state index contributed by atoms with van der Waals surface area (Å²) in [5.74, 6) is -1.42. The molecule has 18 heavy (non-hydrogen) atoms. The molecule has 0 aromatic heterocycles. The number of aliphatic carboxylic acids is 1. The lowest BCUT2D eigenvalue weighted by atomic mass is 9.84. The van der Waals surface area contributed by atoms with Gasteiger partial charge in [0, 0.05) is 13.1 Å². The van der Waals surface area contributed by atoms with Gasteiger partial charge in [0.15, 0.2) is 0 Å². The monoisotopic (exact) mass is 258 g/mol. The van der Waals surface area contributed by atoms with Crippen LogP contribution >= 0.6 is 0 Å². The number of urea groups is 1. The maximum atomic E-state index is 11.7. The molecule has 2 N–H and O–H groups in total. The van der Waals surface area contributed by atoms with E-state index in [-0.39, 0.29) is 13.1 Å². The molecule has 0 aromatic carbocycles. The molecule has 1 aliphatic rings. The molecule has 1 atom stereocenters. The van der Waals surface area contributed by atoms with Crippen molar-refractivity contribution in [2.45, 2.75) is 19.8 Å². The van der Waals surface area contributed by atoms with E-state index in [4.69, 9.17) is 0 Å². The summed E-state index contributed by atoms with van der Waals surface area (Å²) in [6, 6.07) is -0.433. The molecule has 0 radical (unpaired) electrons. The van der Waals surface area contributed by atoms with Gasteiger partial charge < -0.3 is 20.1 Å². The molecule has 1 saturated heterocycles. The zero-order valence-corrected chi connectivity index (χ0v) is 10.6. The minimum atomic E-state index is -0.881. The van der Waals surface area contributed by atoms with E-state index in [2.05, 4.69) is 10.1 Å². The van der Waals surface area contributed by atoms with Crippen LogP contribution in [-0.4, -0.2) is 54.7 Å². The molecule has 0 aromatic rings. The van der Waals surface area contributed by atoms with Crippen LogP contribution in [0.2, 0.25) is 0 Å². The summed E-state index contributed by atoms with van der Waals surface area (Å²) in [6.45, 7) is 2.14. The van der Waals surface area contributed by atoms with E-state index >= 15 is 0 Å². The number of carboxylic acids is 1. The van der Waals surface area contributed by atoms with Crippen LogP contribution in [-0.2, 0) is 14.3 Å². The van der Waals surface area contributed by atoms with E-state index in [9.17, 15) is 19.5 Å². The molecular weight excluding hydrogens is 240 g/mol. The Morgan fingerprint density at radius 1 is 1.44 bits per heavy atom. The Hall–Kier alpha value is -1.79. The highest BCUT2D eigenvalue weighted by molar-refractivity contribution is 5.82. The largest absolute Gasteiger partial charge is 0.481 e. The molecule has 0 bridgehead atoms. The van der Waals surface area contributed by atoms with Crippen LogP contribution in [0.1, 0.15) is 19.8 Å². The van der Waals surface area contributed by atoms with Gasteiger partial charge in [-0.25, -0.2) is 4.79 Å². The number of carboxylic acid groups (broad SMARTS) is 1. The summed E-state index contributed by atoms with van der Waals surface area (Å²) >= 11 is 0. The van der Waals surface area contributed by atoms with Gasteiger partial charge in [-0.3, -0.25) is 9.59 Å². The smallest absolute Gasteiger partial charge is 0.325 e. The van der Waals surface area contributed by atoms with Gasteiger partial charge in [-0.2, -0.15) is 0 Å². The topological polar surface area (TPSA) is 95.9 Å². The first-order valence-corrected chi connectivity index (χ1v) is 5.78. The van der Waals surface area contributed by atoms with Crippen LogP contribution in [0.25, 0.3) is 0 Å². The number of carbonyl (C=O) groups excluding carboxylic acids is 2. The van der Waals surface area contributed by atoms with Crippen LogP contribution < -0.4 is 5.32 Å². The normalized spacial score (nSPS) is 22.7. The number of methoxy groups -OCH3 is 1. The Kier molecular flexibility index (Phi) is 4.52. The van der Waals surface area contributed by atoms with Crippen LogP contribution in [0.15, 0.2) is 0 Å². The fourth-order valence-corrected chi connectivity index (χ4v) is 1.99. The zero-order valence-electron chi connectivity index (χ0n) is 10.6. The van der Waals surface area contributed by atoms with Crippen molar-refractivity contribution < 1.29 is 24.2 Å². The van der Waals surface area contributed by atoms with Crippen LogP contribution in [0.4, 0.5) is 4.79 Å². The SMILES string of the molecule is CCC1(C(=O)O)CCN(C(=O)NCC(=O)OC)C1. The lowest BCUT2D eigenvalue weighted by Crippen LogP contribution is -2.43. The fourth-order valence-electron chi connectivity index (χ4n) is 1.99. The summed E-state index contributed by atoms with van der Waals surface area (Å²) in [5, 5.41) is 11.6. The highest BCUT2D eigenvalue weighted by Gasteiger charge is 2.44. The molecule has 1 rings (SSSR count). The molecule has 0 saturated carbocycles. The van der Waals surface area contributed by atoms with Gasteiger partial charge in [0.05, 0.1) is 12.5 Å². The molecule has 7 nitrogen and oxygen atoms in total. The Morgan fingerprint density at radius 2 is 2.11 bits per heavy atom. The third-order valence-electron chi connectivity index (χ3n) is 3.38. The Bertz CT molecular complexity index is 357. The highest BCUT2D eigenvalue weighted by atomic mass is 16.5. The molecule has 0 aliphatic carbocycles. The molecule has 2 amide bonds. The first kappa shape index (κ1) is 14.3. The fraction of sp³-hybridized carbons (Fsp3) is 0.727. The minimum absolute atomic E-state index is 0.172. The quantitative estimate of drug-likeness (QED) is 0.695. The molecule has 102 valence electrons. The number of carbonyl (C=O) groups is 3. The lowest BCUT2D eigenvalue weighted by Gasteiger charge is -2.23. The number of amides is 2. The van der Waals surface area contributed by atoms with Crippen LogP contribution in [0, 0.1) is 5.41 Å². The van der Waals surface area contributed by atoms with Crippen molar-refractivity contribution in [3.63, 3.8) is 0 Å². The standard InChI is InChI=1S/C11H18N2O5/c1-3-11(9(15)16)4-5-13(7-11)10(17)12-6-8(14)18-2/h3-7H2,1-2H3,(H,12,17)(H,15,16). The number of hydrogen-bond acceptors (Lipinski definition) is 4. The van der Waals surface area contributed by atoms with Crippen molar-refractivity contribution in [2.24, 2.45) is 5.41 Å². The number of hydrogen-bond donors (Lipinski definition) is 2.